The van der Waals surface area contributed by atoms with Crippen LogP contribution in [0, 0.1) is 0 Å². The molecule has 0 spiro atoms. The van der Waals surface area contributed by atoms with Crippen molar-refractivity contribution < 1.29 is 9.90 Å². The Balaban J connectivity index is 2.40. The average molecular weight is 249 g/mol. The number of pyridine rings is 1. The summed E-state index contributed by atoms with van der Waals surface area (Å²) in [5.74, 6) is -0.934. The number of carbonyl (C=O) groups is 1. The highest BCUT2D eigenvalue weighted by atomic mass is 16.4. The molecule has 0 aliphatic heterocycles. The Morgan fingerprint density at radius 2 is 1.74 bits per heavy atom. The smallest absolute Gasteiger partial charge is 0.336 e. The van der Waals surface area contributed by atoms with Crippen molar-refractivity contribution in [3.05, 3.63) is 66.4 Å². The molecule has 1 heterocycles. The summed E-state index contributed by atoms with van der Waals surface area (Å²) in [5.41, 5.74) is 2.86. The molecule has 1 N–H and O–H groups in total. The molecule has 0 amide bonds. The molecule has 0 unspecified atom stereocenters. The molecule has 0 fully saturated rings. The molecule has 92 valence electrons. The molecule has 0 bridgehead atoms. The van der Waals surface area contributed by atoms with Crippen molar-refractivity contribution in [3.8, 4) is 11.1 Å². The first kappa shape index (κ1) is 11.4. The van der Waals surface area contributed by atoms with Crippen molar-refractivity contribution in [2.45, 2.75) is 0 Å². The molecule has 0 saturated carbocycles. The Labute approximate surface area is 110 Å². The van der Waals surface area contributed by atoms with Crippen molar-refractivity contribution in [1.29, 1.82) is 0 Å². The quantitative estimate of drug-likeness (QED) is 0.754. The highest BCUT2D eigenvalue weighted by Gasteiger charge is 2.13. The maximum atomic E-state index is 11.4. The van der Waals surface area contributed by atoms with E-state index in [1.54, 1.807) is 0 Å². The number of nitrogens with zero attached hydrogens (tertiary/aromatic N) is 1. The summed E-state index contributed by atoms with van der Waals surface area (Å²) < 4.78 is 0. The fraction of sp³-hybridized carbons (Fsp3) is 0. The zero-order valence-corrected chi connectivity index (χ0v) is 10.1. The van der Waals surface area contributed by atoms with Crippen molar-refractivity contribution in [2.75, 3.05) is 0 Å². The minimum atomic E-state index is -0.934. The number of aromatic nitrogens is 1. The predicted molar refractivity (Wildman–Crippen MR) is 74.1 cm³/mol. The number of rotatable bonds is 2. The van der Waals surface area contributed by atoms with Crippen LogP contribution in [0.25, 0.3) is 22.0 Å². The topological polar surface area (TPSA) is 50.2 Å². The Morgan fingerprint density at radius 1 is 0.947 bits per heavy atom. The Hall–Kier alpha value is -2.68. The molecule has 3 rings (SSSR count). The standard InChI is InChI=1S/C16H11NO2/c18-16(19)13-9-10-17-14-8-4-7-12(15(13)14)11-5-2-1-3-6-11/h1-10H,(H,18,19). The molecule has 1 aromatic heterocycles. The van der Waals surface area contributed by atoms with E-state index in [4.69, 9.17) is 0 Å². The molecule has 3 aromatic rings. The zero-order chi connectivity index (χ0) is 13.2. The van der Waals surface area contributed by atoms with E-state index in [0.29, 0.717) is 10.9 Å². The van der Waals surface area contributed by atoms with Crippen LogP contribution in [0.2, 0.25) is 0 Å². The number of hydrogen-bond donors (Lipinski definition) is 1. The van der Waals surface area contributed by atoms with Gasteiger partial charge < -0.3 is 5.11 Å². The minimum Gasteiger partial charge on any atom is -0.478 e. The summed E-state index contributed by atoms with van der Waals surface area (Å²) in [6.45, 7) is 0. The van der Waals surface area contributed by atoms with E-state index < -0.39 is 5.97 Å². The van der Waals surface area contributed by atoms with E-state index in [9.17, 15) is 9.90 Å². The van der Waals surface area contributed by atoms with Gasteiger partial charge in [0.25, 0.3) is 0 Å². The Morgan fingerprint density at radius 3 is 2.47 bits per heavy atom. The molecule has 0 aliphatic rings. The number of fused-ring (bicyclic) bond motifs is 1. The maximum absolute atomic E-state index is 11.4. The van der Waals surface area contributed by atoms with E-state index in [1.807, 2.05) is 48.5 Å². The van der Waals surface area contributed by atoms with Gasteiger partial charge in [-0.2, -0.15) is 0 Å². The van der Waals surface area contributed by atoms with E-state index in [1.165, 1.54) is 12.3 Å². The largest absolute Gasteiger partial charge is 0.478 e. The summed E-state index contributed by atoms with van der Waals surface area (Å²) in [7, 11) is 0. The second kappa shape index (κ2) is 4.53. The number of benzene rings is 2. The van der Waals surface area contributed by atoms with Gasteiger partial charge >= 0.3 is 5.97 Å². The van der Waals surface area contributed by atoms with Crippen molar-refractivity contribution in [2.24, 2.45) is 0 Å². The Bertz CT molecular complexity index is 746. The first-order valence-corrected chi connectivity index (χ1v) is 5.94. The van der Waals surface area contributed by atoms with Crippen LogP contribution in [0.15, 0.2) is 60.8 Å². The lowest BCUT2D eigenvalue weighted by Crippen LogP contribution is -1.99. The van der Waals surface area contributed by atoms with Gasteiger partial charge in [-0.15, -0.1) is 0 Å². The summed E-state index contributed by atoms with van der Waals surface area (Å²) in [6, 6.07) is 16.9. The zero-order valence-electron chi connectivity index (χ0n) is 10.1. The predicted octanol–water partition coefficient (Wildman–Crippen LogP) is 3.60. The van der Waals surface area contributed by atoms with E-state index in [-0.39, 0.29) is 5.56 Å². The van der Waals surface area contributed by atoms with Crippen LogP contribution >= 0.6 is 0 Å². The fourth-order valence-corrected chi connectivity index (χ4v) is 2.24. The molecule has 0 radical (unpaired) electrons. The van der Waals surface area contributed by atoms with Crippen molar-refractivity contribution >= 4 is 16.9 Å². The molecule has 0 aliphatic carbocycles. The third kappa shape index (κ3) is 1.95. The SMILES string of the molecule is O=C(O)c1ccnc2cccc(-c3ccccc3)c12. The van der Waals surface area contributed by atoms with E-state index in [0.717, 1.165) is 11.1 Å². The molecule has 3 nitrogen and oxygen atoms in total. The maximum Gasteiger partial charge on any atom is 0.336 e. The van der Waals surface area contributed by atoms with Gasteiger partial charge in [-0.25, -0.2) is 4.79 Å². The lowest BCUT2D eigenvalue weighted by molar-refractivity contribution is 0.0699. The lowest BCUT2D eigenvalue weighted by Gasteiger charge is -2.08. The van der Waals surface area contributed by atoms with Crippen LogP contribution in [0.3, 0.4) is 0 Å². The fourth-order valence-electron chi connectivity index (χ4n) is 2.24. The number of carboxylic acids is 1. The van der Waals surface area contributed by atoms with Gasteiger partial charge in [0.05, 0.1) is 11.1 Å². The van der Waals surface area contributed by atoms with Crippen LogP contribution in [0.1, 0.15) is 10.4 Å². The Kier molecular flexibility index (Phi) is 2.72. The van der Waals surface area contributed by atoms with Gasteiger partial charge in [-0.05, 0) is 23.3 Å². The minimum absolute atomic E-state index is 0.282. The molecule has 3 heteroatoms. The van der Waals surface area contributed by atoms with Gasteiger partial charge in [0.1, 0.15) is 0 Å². The molecular weight excluding hydrogens is 238 g/mol. The monoisotopic (exact) mass is 249 g/mol. The number of carboxylic acid groups (broad SMARTS) is 1. The van der Waals surface area contributed by atoms with Crippen LogP contribution < -0.4 is 0 Å². The lowest BCUT2D eigenvalue weighted by atomic mass is 9.97. The molecular formula is C16H11NO2. The average Bonchev–Trinajstić information content (AvgIpc) is 2.46. The summed E-state index contributed by atoms with van der Waals surface area (Å²) in [5, 5.41) is 10.0. The van der Waals surface area contributed by atoms with Crippen LogP contribution in [0.4, 0.5) is 0 Å². The molecule has 0 atom stereocenters. The summed E-state index contributed by atoms with van der Waals surface area (Å²) >= 11 is 0. The molecule has 19 heavy (non-hydrogen) atoms. The second-order valence-electron chi connectivity index (χ2n) is 4.23. The van der Waals surface area contributed by atoms with E-state index in [2.05, 4.69) is 4.98 Å². The second-order valence-corrected chi connectivity index (χ2v) is 4.23. The van der Waals surface area contributed by atoms with Crippen LogP contribution in [-0.4, -0.2) is 16.1 Å². The normalized spacial score (nSPS) is 10.5. The number of hydrogen-bond acceptors (Lipinski definition) is 2. The third-order valence-electron chi connectivity index (χ3n) is 3.08. The van der Waals surface area contributed by atoms with Gasteiger partial charge in [0.2, 0.25) is 0 Å². The van der Waals surface area contributed by atoms with Crippen LogP contribution in [-0.2, 0) is 0 Å². The molecule has 0 saturated heterocycles. The van der Waals surface area contributed by atoms with Gasteiger partial charge in [-0.1, -0.05) is 42.5 Å². The highest BCUT2D eigenvalue weighted by molar-refractivity contribution is 6.08. The summed E-state index contributed by atoms with van der Waals surface area (Å²) in [6.07, 6.45) is 1.53. The third-order valence-corrected chi connectivity index (χ3v) is 3.08. The van der Waals surface area contributed by atoms with Crippen molar-refractivity contribution in [1.82, 2.24) is 4.98 Å². The first-order chi connectivity index (χ1) is 9.27. The van der Waals surface area contributed by atoms with Gasteiger partial charge in [0, 0.05) is 11.6 Å². The van der Waals surface area contributed by atoms with Crippen LogP contribution in [0.5, 0.6) is 0 Å². The molecule has 2 aromatic carbocycles. The number of aromatic carboxylic acids is 1. The summed E-state index contributed by atoms with van der Waals surface area (Å²) in [4.78, 5) is 15.6. The van der Waals surface area contributed by atoms with E-state index >= 15 is 0 Å². The first-order valence-electron chi connectivity index (χ1n) is 5.94. The van der Waals surface area contributed by atoms with Gasteiger partial charge in [0.15, 0.2) is 0 Å². The van der Waals surface area contributed by atoms with Crippen molar-refractivity contribution in [3.63, 3.8) is 0 Å². The highest BCUT2D eigenvalue weighted by Crippen LogP contribution is 2.30. The van der Waals surface area contributed by atoms with Gasteiger partial charge in [-0.3, -0.25) is 4.98 Å².